The van der Waals surface area contributed by atoms with E-state index in [2.05, 4.69) is 11.9 Å². The second-order valence-corrected chi connectivity index (χ2v) is 6.25. The Kier molecular flexibility index (Phi) is 5.07. The van der Waals surface area contributed by atoms with Crippen LogP contribution >= 0.6 is 0 Å². The Labute approximate surface area is 150 Å². The minimum Gasteiger partial charge on any atom is -0.252 e. The highest BCUT2D eigenvalue weighted by molar-refractivity contribution is 5.78. The Bertz CT molecular complexity index is 883. The molecule has 0 aliphatic heterocycles. The van der Waals surface area contributed by atoms with E-state index in [9.17, 15) is 13.2 Å². The molecule has 0 amide bonds. The number of nitrogens with zero attached hydrogens (tertiary/aromatic N) is 2. The number of hydrogen-bond acceptors (Lipinski definition) is 2. The summed E-state index contributed by atoms with van der Waals surface area (Å²) < 4.78 is 38.4. The normalized spacial score (nSPS) is 11.6. The van der Waals surface area contributed by atoms with Gasteiger partial charge >= 0.3 is 6.18 Å². The van der Waals surface area contributed by atoms with E-state index < -0.39 is 11.7 Å². The molecular formula is C21H19F3N2. The highest BCUT2D eigenvalue weighted by Crippen LogP contribution is 2.33. The number of halogens is 3. The van der Waals surface area contributed by atoms with Gasteiger partial charge in [0.1, 0.15) is 0 Å². The van der Waals surface area contributed by atoms with E-state index in [1.807, 2.05) is 31.2 Å². The maximum absolute atomic E-state index is 12.8. The maximum atomic E-state index is 12.8. The second kappa shape index (κ2) is 7.28. The first-order chi connectivity index (χ1) is 12.4. The van der Waals surface area contributed by atoms with Crippen LogP contribution in [0, 0.1) is 6.92 Å². The number of rotatable bonds is 4. The predicted molar refractivity (Wildman–Crippen MR) is 96.6 cm³/mol. The molecule has 26 heavy (non-hydrogen) atoms. The SMILES string of the molecule is CCCc1cnc(-c2ccc(C(F)(F)F)cc2)c(-c2ccc(C)cc2)n1. The molecule has 2 nitrogen and oxygen atoms in total. The third kappa shape index (κ3) is 3.93. The average molecular weight is 356 g/mol. The molecule has 3 rings (SSSR count). The zero-order valence-electron chi connectivity index (χ0n) is 14.6. The average Bonchev–Trinajstić information content (AvgIpc) is 2.62. The molecular weight excluding hydrogens is 337 g/mol. The van der Waals surface area contributed by atoms with Gasteiger partial charge in [-0.15, -0.1) is 0 Å². The highest BCUT2D eigenvalue weighted by Gasteiger charge is 2.30. The van der Waals surface area contributed by atoms with Crippen molar-refractivity contribution in [3.8, 4) is 22.5 Å². The first-order valence-corrected chi connectivity index (χ1v) is 8.49. The summed E-state index contributed by atoms with van der Waals surface area (Å²) in [7, 11) is 0. The molecule has 134 valence electrons. The van der Waals surface area contributed by atoms with Gasteiger partial charge in [0.2, 0.25) is 0 Å². The van der Waals surface area contributed by atoms with Crippen LogP contribution in [0.5, 0.6) is 0 Å². The summed E-state index contributed by atoms with van der Waals surface area (Å²) in [5, 5.41) is 0. The number of aryl methyl sites for hydroxylation is 2. The first-order valence-electron chi connectivity index (χ1n) is 8.49. The van der Waals surface area contributed by atoms with Crippen LogP contribution in [0.15, 0.2) is 54.7 Å². The fourth-order valence-corrected chi connectivity index (χ4v) is 2.74. The van der Waals surface area contributed by atoms with Crippen molar-refractivity contribution in [3.05, 3.63) is 71.5 Å². The minimum atomic E-state index is -4.35. The Morgan fingerprint density at radius 1 is 0.846 bits per heavy atom. The fraction of sp³-hybridized carbons (Fsp3) is 0.238. The van der Waals surface area contributed by atoms with Gasteiger partial charge in [-0.3, -0.25) is 4.98 Å². The smallest absolute Gasteiger partial charge is 0.252 e. The third-order valence-electron chi connectivity index (χ3n) is 4.14. The van der Waals surface area contributed by atoms with E-state index in [0.717, 1.165) is 41.8 Å². The third-order valence-corrected chi connectivity index (χ3v) is 4.14. The van der Waals surface area contributed by atoms with Gasteiger partial charge in [0, 0.05) is 17.3 Å². The highest BCUT2D eigenvalue weighted by atomic mass is 19.4. The Balaban J connectivity index is 2.10. The summed E-state index contributed by atoms with van der Waals surface area (Å²) in [6.07, 6.45) is -0.899. The van der Waals surface area contributed by atoms with Crippen LogP contribution < -0.4 is 0 Å². The van der Waals surface area contributed by atoms with Crippen LogP contribution in [0.25, 0.3) is 22.5 Å². The van der Waals surface area contributed by atoms with Crippen LogP contribution in [-0.4, -0.2) is 9.97 Å². The van der Waals surface area contributed by atoms with Gasteiger partial charge in [0.05, 0.1) is 22.6 Å². The van der Waals surface area contributed by atoms with E-state index in [-0.39, 0.29) is 0 Å². The van der Waals surface area contributed by atoms with E-state index in [0.29, 0.717) is 17.0 Å². The largest absolute Gasteiger partial charge is 0.416 e. The Morgan fingerprint density at radius 2 is 1.42 bits per heavy atom. The van der Waals surface area contributed by atoms with Crippen LogP contribution in [-0.2, 0) is 12.6 Å². The zero-order valence-corrected chi connectivity index (χ0v) is 14.6. The standard InChI is InChI=1S/C21H19F3N2/c1-3-4-18-13-25-19(15-9-11-17(12-10-15)21(22,23)24)20(26-18)16-7-5-14(2)6-8-16/h5-13H,3-4H2,1-2H3. The van der Waals surface area contributed by atoms with Gasteiger partial charge in [-0.2, -0.15) is 13.2 Å². The Hall–Kier alpha value is -2.69. The molecule has 0 aliphatic rings. The lowest BCUT2D eigenvalue weighted by molar-refractivity contribution is -0.137. The number of benzene rings is 2. The van der Waals surface area contributed by atoms with Gasteiger partial charge in [-0.1, -0.05) is 55.3 Å². The molecule has 0 N–H and O–H groups in total. The van der Waals surface area contributed by atoms with Crippen molar-refractivity contribution in [2.45, 2.75) is 32.9 Å². The first kappa shape index (κ1) is 18.1. The monoisotopic (exact) mass is 356 g/mol. The molecule has 1 aromatic heterocycles. The van der Waals surface area contributed by atoms with Gasteiger partial charge < -0.3 is 0 Å². The molecule has 0 unspecified atom stereocenters. The lowest BCUT2D eigenvalue weighted by Gasteiger charge is -2.12. The summed E-state index contributed by atoms with van der Waals surface area (Å²) in [5.74, 6) is 0. The van der Waals surface area contributed by atoms with Crippen LogP contribution in [0.3, 0.4) is 0 Å². The van der Waals surface area contributed by atoms with Gasteiger partial charge in [0.15, 0.2) is 0 Å². The molecule has 0 bridgehead atoms. The van der Waals surface area contributed by atoms with E-state index in [1.54, 1.807) is 6.20 Å². The summed E-state index contributed by atoms with van der Waals surface area (Å²) in [6.45, 7) is 4.07. The van der Waals surface area contributed by atoms with Crippen molar-refractivity contribution in [2.24, 2.45) is 0 Å². The molecule has 5 heteroatoms. The van der Waals surface area contributed by atoms with Crippen molar-refractivity contribution < 1.29 is 13.2 Å². The lowest BCUT2D eigenvalue weighted by atomic mass is 10.0. The van der Waals surface area contributed by atoms with Crippen molar-refractivity contribution in [1.29, 1.82) is 0 Å². The van der Waals surface area contributed by atoms with Gasteiger partial charge in [-0.05, 0) is 25.5 Å². The van der Waals surface area contributed by atoms with E-state index in [4.69, 9.17) is 4.98 Å². The Morgan fingerprint density at radius 3 is 2.00 bits per heavy atom. The number of alkyl halides is 3. The number of aromatic nitrogens is 2. The van der Waals surface area contributed by atoms with E-state index in [1.165, 1.54) is 12.1 Å². The summed E-state index contributed by atoms with van der Waals surface area (Å²) in [4.78, 5) is 9.24. The fourth-order valence-electron chi connectivity index (χ4n) is 2.74. The molecule has 3 aromatic rings. The molecule has 0 radical (unpaired) electrons. The summed E-state index contributed by atoms with van der Waals surface area (Å²) >= 11 is 0. The van der Waals surface area contributed by atoms with Gasteiger partial charge in [0.25, 0.3) is 0 Å². The topological polar surface area (TPSA) is 25.8 Å². The maximum Gasteiger partial charge on any atom is 0.416 e. The van der Waals surface area contributed by atoms with Crippen LogP contribution in [0.2, 0.25) is 0 Å². The minimum absolute atomic E-state index is 0.586. The molecule has 0 aliphatic carbocycles. The quantitative estimate of drug-likeness (QED) is 0.565. The molecule has 0 saturated carbocycles. The van der Waals surface area contributed by atoms with Crippen molar-refractivity contribution in [2.75, 3.05) is 0 Å². The number of hydrogen-bond donors (Lipinski definition) is 0. The molecule has 1 heterocycles. The van der Waals surface area contributed by atoms with E-state index >= 15 is 0 Å². The lowest BCUT2D eigenvalue weighted by Crippen LogP contribution is -2.04. The van der Waals surface area contributed by atoms with Crippen molar-refractivity contribution in [1.82, 2.24) is 9.97 Å². The van der Waals surface area contributed by atoms with Crippen molar-refractivity contribution >= 4 is 0 Å². The van der Waals surface area contributed by atoms with Crippen LogP contribution in [0.4, 0.5) is 13.2 Å². The second-order valence-electron chi connectivity index (χ2n) is 6.25. The summed E-state index contributed by atoms with van der Waals surface area (Å²) in [5.41, 5.74) is 4.12. The van der Waals surface area contributed by atoms with Gasteiger partial charge in [-0.25, -0.2) is 4.98 Å². The van der Waals surface area contributed by atoms with Crippen molar-refractivity contribution in [3.63, 3.8) is 0 Å². The molecule has 2 aromatic carbocycles. The summed E-state index contributed by atoms with van der Waals surface area (Å²) in [6, 6.07) is 12.9. The zero-order chi connectivity index (χ0) is 18.7. The van der Waals surface area contributed by atoms with Crippen LogP contribution in [0.1, 0.15) is 30.2 Å². The molecule has 0 spiro atoms. The molecule has 0 atom stereocenters. The molecule has 0 saturated heterocycles. The molecule has 0 fully saturated rings. The predicted octanol–water partition coefficient (Wildman–Crippen LogP) is 6.09.